The highest BCUT2D eigenvalue weighted by Crippen LogP contribution is 2.16. The Morgan fingerprint density at radius 1 is 1.47 bits per heavy atom. The Bertz CT molecular complexity index is 587. The maximum atomic E-state index is 11.9. The molecule has 0 aliphatic carbocycles. The van der Waals surface area contributed by atoms with Gasteiger partial charge < -0.3 is 14.6 Å². The molecule has 2 rings (SSSR count). The van der Waals surface area contributed by atoms with Crippen molar-refractivity contribution in [3.8, 4) is 0 Å². The number of amides is 1. The van der Waals surface area contributed by atoms with Gasteiger partial charge >= 0.3 is 5.97 Å². The molecule has 0 aliphatic heterocycles. The van der Waals surface area contributed by atoms with E-state index in [-0.39, 0.29) is 5.91 Å². The lowest BCUT2D eigenvalue weighted by atomic mass is 10.4. The zero-order valence-electron chi connectivity index (χ0n) is 10.7. The summed E-state index contributed by atoms with van der Waals surface area (Å²) in [5.74, 6) is -0.586. The number of ether oxygens (including phenoxy) is 1. The van der Waals surface area contributed by atoms with Gasteiger partial charge in [-0.15, -0.1) is 11.3 Å². The minimum Gasteiger partial charge on any atom is -0.461 e. The van der Waals surface area contributed by atoms with Crippen molar-refractivity contribution >= 4 is 28.9 Å². The number of carbonyl (C=O) groups excluding carboxylic acids is 2. The predicted octanol–water partition coefficient (Wildman–Crippen LogP) is 2.52. The highest BCUT2D eigenvalue weighted by Gasteiger charge is 2.14. The normalized spacial score (nSPS) is 10.2. The molecule has 1 amide bonds. The van der Waals surface area contributed by atoms with E-state index in [1.165, 1.54) is 11.3 Å². The number of nitrogens with one attached hydrogen (secondary N) is 1. The van der Waals surface area contributed by atoms with Crippen LogP contribution < -0.4 is 5.32 Å². The molecule has 5 nitrogen and oxygen atoms in total. The largest absolute Gasteiger partial charge is 0.461 e. The van der Waals surface area contributed by atoms with Crippen LogP contribution in [-0.4, -0.2) is 23.1 Å². The molecule has 100 valence electrons. The molecule has 2 aromatic rings. The van der Waals surface area contributed by atoms with Crippen molar-refractivity contribution in [2.24, 2.45) is 7.05 Å². The van der Waals surface area contributed by atoms with Gasteiger partial charge in [0.15, 0.2) is 0 Å². The van der Waals surface area contributed by atoms with E-state index < -0.39 is 5.97 Å². The van der Waals surface area contributed by atoms with Crippen molar-refractivity contribution in [3.63, 3.8) is 0 Å². The van der Waals surface area contributed by atoms with Gasteiger partial charge in [0.2, 0.25) is 0 Å². The maximum Gasteiger partial charge on any atom is 0.355 e. The van der Waals surface area contributed by atoms with Gasteiger partial charge in [0.25, 0.3) is 5.91 Å². The molecule has 1 N–H and O–H groups in total. The van der Waals surface area contributed by atoms with Crippen LogP contribution >= 0.6 is 11.3 Å². The maximum absolute atomic E-state index is 11.9. The lowest BCUT2D eigenvalue weighted by Crippen LogP contribution is -2.09. The first-order valence-electron chi connectivity index (χ1n) is 5.80. The molecule has 0 aliphatic rings. The summed E-state index contributed by atoms with van der Waals surface area (Å²) >= 11 is 1.37. The molecule has 6 heteroatoms. The van der Waals surface area contributed by atoms with Crippen molar-refractivity contribution in [2.45, 2.75) is 6.92 Å². The van der Waals surface area contributed by atoms with E-state index in [4.69, 9.17) is 4.74 Å². The van der Waals surface area contributed by atoms with Gasteiger partial charge in [-0.25, -0.2) is 4.79 Å². The Labute approximate surface area is 114 Å². The van der Waals surface area contributed by atoms with Gasteiger partial charge in [-0.2, -0.15) is 0 Å². The first-order chi connectivity index (χ1) is 9.11. The van der Waals surface area contributed by atoms with Gasteiger partial charge in [-0.1, -0.05) is 6.07 Å². The average Bonchev–Trinajstić information content (AvgIpc) is 2.99. The zero-order valence-corrected chi connectivity index (χ0v) is 11.5. The number of aromatic nitrogens is 1. The number of aryl methyl sites for hydroxylation is 1. The summed E-state index contributed by atoms with van der Waals surface area (Å²) in [5.41, 5.74) is 0.979. The smallest absolute Gasteiger partial charge is 0.355 e. The van der Waals surface area contributed by atoms with Gasteiger partial charge in [-0.3, -0.25) is 4.79 Å². The summed E-state index contributed by atoms with van der Waals surface area (Å²) in [6.07, 6.45) is 1.68. The monoisotopic (exact) mass is 278 g/mol. The van der Waals surface area contributed by atoms with Crippen molar-refractivity contribution < 1.29 is 14.3 Å². The average molecular weight is 278 g/mol. The topological polar surface area (TPSA) is 60.3 Å². The summed E-state index contributed by atoms with van der Waals surface area (Å²) in [4.78, 5) is 24.1. The fourth-order valence-electron chi connectivity index (χ4n) is 1.64. The van der Waals surface area contributed by atoms with Crippen LogP contribution in [0.15, 0.2) is 29.8 Å². The lowest BCUT2D eigenvalue weighted by molar-refractivity contribution is 0.0515. The number of nitrogens with zero attached hydrogens (tertiary/aromatic N) is 1. The second kappa shape index (κ2) is 5.71. The third-order valence-corrected chi connectivity index (χ3v) is 3.36. The standard InChI is InChI=1S/C13H14N2O3S/c1-3-18-13(17)10-7-9(8-15(10)2)14-12(16)11-5-4-6-19-11/h4-8H,3H2,1-2H3,(H,14,16). The highest BCUT2D eigenvalue weighted by atomic mass is 32.1. The first kappa shape index (κ1) is 13.4. The number of thiophene rings is 1. The van der Waals surface area contributed by atoms with Gasteiger partial charge in [0.1, 0.15) is 5.69 Å². The van der Waals surface area contributed by atoms with Gasteiger partial charge in [0, 0.05) is 13.2 Å². The highest BCUT2D eigenvalue weighted by molar-refractivity contribution is 7.12. The number of carbonyl (C=O) groups is 2. The molecular formula is C13H14N2O3S. The third-order valence-electron chi connectivity index (χ3n) is 2.49. The third kappa shape index (κ3) is 3.03. The molecule has 0 atom stereocenters. The number of esters is 1. The second-order valence-electron chi connectivity index (χ2n) is 3.88. The van der Waals surface area contributed by atoms with Crippen LogP contribution in [0, 0.1) is 0 Å². The molecule has 0 aromatic carbocycles. The van der Waals surface area contributed by atoms with Gasteiger partial charge in [0.05, 0.1) is 17.2 Å². The summed E-state index contributed by atoms with van der Waals surface area (Å²) in [6.45, 7) is 2.07. The van der Waals surface area contributed by atoms with E-state index in [0.29, 0.717) is 22.9 Å². The molecule has 19 heavy (non-hydrogen) atoms. The first-order valence-corrected chi connectivity index (χ1v) is 6.68. The summed E-state index contributed by atoms with van der Waals surface area (Å²) in [5, 5.41) is 4.58. The van der Waals surface area contributed by atoms with E-state index in [0.717, 1.165) is 0 Å². The van der Waals surface area contributed by atoms with Crippen LogP contribution in [-0.2, 0) is 11.8 Å². The second-order valence-corrected chi connectivity index (χ2v) is 4.82. The molecule has 0 spiro atoms. The van der Waals surface area contributed by atoms with E-state index >= 15 is 0 Å². The van der Waals surface area contributed by atoms with Crippen LogP contribution in [0.2, 0.25) is 0 Å². The Hall–Kier alpha value is -2.08. The molecule has 2 heterocycles. The number of hydrogen-bond donors (Lipinski definition) is 1. The van der Waals surface area contributed by atoms with E-state index in [9.17, 15) is 9.59 Å². The molecule has 0 radical (unpaired) electrons. The minimum absolute atomic E-state index is 0.184. The summed E-state index contributed by atoms with van der Waals surface area (Å²) in [6, 6.07) is 5.16. The molecule has 0 unspecified atom stereocenters. The molecule has 0 saturated heterocycles. The van der Waals surface area contributed by atoms with E-state index in [1.807, 2.05) is 11.4 Å². The van der Waals surface area contributed by atoms with Crippen LogP contribution in [0.3, 0.4) is 0 Å². The Morgan fingerprint density at radius 3 is 2.89 bits per heavy atom. The number of anilines is 1. The molecular weight excluding hydrogens is 264 g/mol. The zero-order chi connectivity index (χ0) is 13.8. The van der Waals surface area contributed by atoms with Crippen molar-refractivity contribution in [1.29, 1.82) is 0 Å². The molecule has 0 fully saturated rings. The molecule has 0 bridgehead atoms. The van der Waals surface area contributed by atoms with E-state index in [1.54, 1.807) is 36.9 Å². The van der Waals surface area contributed by atoms with Crippen LogP contribution in [0.25, 0.3) is 0 Å². The van der Waals surface area contributed by atoms with Crippen LogP contribution in [0.5, 0.6) is 0 Å². The van der Waals surface area contributed by atoms with Crippen molar-refractivity contribution in [2.75, 3.05) is 11.9 Å². The SMILES string of the molecule is CCOC(=O)c1cc(NC(=O)c2cccs2)cn1C. The summed E-state index contributed by atoms with van der Waals surface area (Å²) in [7, 11) is 1.73. The van der Waals surface area contributed by atoms with Crippen molar-refractivity contribution in [3.05, 3.63) is 40.3 Å². The van der Waals surface area contributed by atoms with Crippen molar-refractivity contribution in [1.82, 2.24) is 4.57 Å². The van der Waals surface area contributed by atoms with E-state index in [2.05, 4.69) is 5.32 Å². The van der Waals surface area contributed by atoms with Crippen LogP contribution in [0.1, 0.15) is 27.1 Å². The summed E-state index contributed by atoms with van der Waals surface area (Å²) < 4.78 is 6.56. The predicted molar refractivity (Wildman–Crippen MR) is 73.6 cm³/mol. The Balaban J connectivity index is 2.12. The fraction of sp³-hybridized carbons (Fsp3) is 0.231. The number of rotatable bonds is 4. The Kier molecular flexibility index (Phi) is 4.01. The quantitative estimate of drug-likeness (QED) is 0.874. The molecule has 0 saturated carbocycles. The van der Waals surface area contributed by atoms with Gasteiger partial charge in [-0.05, 0) is 24.4 Å². The fourth-order valence-corrected chi connectivity index (χ4v) is 2.26. The lowest BCUT2D eigenvalue weighted by Gasteiger charge is -2.01. The molecule has 2 aromatic heterocycles. The number of hydrogen-bond acceptors (Lipinski definition) is 4. The Morgan fingerprint density at radius 2 is 2.26 bits per heavy atom. The minimum atomic E-state index is -0.401. The van der Waals surface area contributed by atoms with Crippen LogP contribution in [0.4, 0.5) is 5.69 Å².